The third-order valence-corrected chi connectivity index (χ3v) is 4.79. The number of ether oxygens (including phenoxy) is 3. The van der Waals surface area contributed by atoms with Gasteiger partial charge in [0.05, 0.1) is 32.1 Å². The fourth-order valence-corrected chi connectivity index (χ4v) is 3.24. The lowest BCUT2D eigenvalue weighted by Crippen LogP contribution is -2.44. The molecule has 10 heteroatoms. The smallest absolute Gasteiger partial charge is 0.412 e. The van der Waals surface area contributed by atoms with E-state index in [1.165, 1.54) is 7.11 Å². The number of benzene rings is 1. The van der Waals surface area contributed by atoms with Crippen LogP contribution in [0.3, 0.4) is 0 Å². The van der Waals surface area contributed by atoms with Crippen molar-refractivity contribution < 1.29 is 23.8 Å². The van der Waals surface area contributed by atoms with Crippen molar-refractivity contribution in [3.8, 4) is 5.75 Å². The lowest BCUT2D eigenvalue weighted by molar-refractivity contribution is -0.0135. The van der Waals surface area contributed by atoms with Gasteiger partial charge >= 0.3 is 12.1 Å². The van der Waals surface area contributed by atoms with Crippen LogP contribution in [0.4, 0.5) is 21.0 Å². The molecule has 0 spiro atoms. The summed E-state index contributed by atoms with van der Waals surface area (Å²) in [5.74, 6) is 0.403. The highest BCUT2D eigenvalue weighted by Gasteiger charge is 2.26. The van der Waals surface area contributed by atoms with Gasteiger partial charge in [-0.1, -0.05) is 0 Å². The molecule has 1 saturated heterocycles. The number of nitrogens with zero attached hydrogens (tertiary/aromatic N) is 3. The molecule has 10 nitrogen and oxygen atoms in total. The minimum absolute atomic E-state index is 0.218. The molecule has 1 aromatic heterocycles. The van der Waals surface area contributed by atoms with Gasteiger partial charge in [-0.25, -0.2) is 9.59 Å². The zero-order valence-corrected chi connectivity index (χ0v) is 19.2. The van der Waals surface area contributed by atoms with E-state index < -0.39 is 11.7 Å². The summed E-state index contributed by atoms with van der Waals surface area (Å²) < 4.78 is 18.3. The molecule has 0 aliphatic carbocycles. The van der Waals surface area contributed by atoms with Crippen molar-refractivity contribution >= 4 is 23.5 Å². The number of carbonyl (C=O) groups excluding carboxylic acids is 2. The average Bonchev–Trinajstić information content (AvgIpc) is 3.23. The zero-order chi connectivity index (χ0) is 23.3. The van der Waals surface area contributed by atoms with Gasteiger partial charge in [0.2, 0.25) is 0 Å². The minimum atomic E-state index is -0.615. The number of morpholine rings is 1. The summed E-state index contributed by atoms with van der Waals surface area (Å²) >= 11 is 0. The quantitative estimate of drug-likeness (QED) is 0.724. The van der Waals surface area contributed by atoms with Crippen LogP contribution in [0.2, 0.25) is 0 Å². The molecule has 174 valence electrons. The molecule has 1 atom stereocenters. The largest absolute Gasteiger partial charge is 0.494 e. The first-order valence-electron chi connectivity index (χ1n) is 10.6. The van der Waals surface area contributed by atoms with Gasteiger partial charge in [-0.05, 0) is 39.8 Å². The Morgan fingerprint density at radius 3 is 2.72 bits per heavy atom. The number of methoxy groups -OCH3 is 1. The minimum Gasteiger partial charge on any atom is -0.494 e. The molecule has 2 N–H and O–H groups in total. The number of hydrogen-bond acceptors (Lipinski definition) is 6. The van der Waals surface area contributed by atoms with E-state index in [2.05, 4.69) is 15.7 Å². The van der Waals surface area contributed by atoms with E-state index in [1.807, 2.05) is 17.8 Å². The molecule has 32 heavy (non-hydrogen) atoms. The first-order chi connectivity index (χ1) is 15.2. The number of aromatic nitrogens is 2. The molecule has 1 aromatic carbocycles. The highest BCUT2D eigenvalue weighted by Crippen LogP contribution is 2.29. The average molecular weight is 446 g/mol. The highest BCUT2D eigenvalue weighted by molar-refractivity contribution is 5.92. The van der Waals surface area contributed by atoms with Crippen LogP contribution in [0, 0.1) is 0 Å². The standard InChI is InChI=1S/C22H31N5O5/c1-6-27-13-15(12-23-27)19-14-26(9-10-31-19)20(28)24-16-7-8-17(18(11-16)30-5)25-21(29)32-22(2,3)4/h7-8,11-13,19H,6,9-10,14H2,1-5H3,(H,24,28)(H,25,29). The van der Waals surface area contributed by atoms with Crippen molar-refractivity contribution in [1.29, 1.82) is 0 Å². The molecule has 0 bridgehead atoms. The molecule has 1 unspecified atom stereocenters. The Bertz CT molecular complexity index is 952. The first-order valence-corrected chi connectivity index (χ1v) is 10.6. The lowest BCUT2D eigenvalue weighted by atomic mass is 10.1. The molecule has 1 fully saturated rings. The Kier molecular flexibility index (Phi) is 7.24. The monoisotopic (exact) mass is 445 g/mol. The summed E-state index contributed by atoms with van der Waals surface area (Å²) in [5, 5.41) is 9.82. The number of aryl methyl sites for hydroxylation is 1. The number of nitrogens with one attached hydrogen (secondary N) is 2. The Morgan fingerprint density at radius 1 is 1.28 bits per heavy atom. The van der Waals surface area contributed by atoms with Crippen LogP contribution in [-0.4, -0.2) is 59.2 Å². The van der Waals surface area contributed by atoms with Gasteiger partial charge in [-0.2, -0.15) is 5.10 Å². The van der Waals surface area contributed by atoms with Crippen LogP contribution in [0.5, 0.6) is 5.75 Å². The summed E-state index contributed by atoms with van der Waals surface area (Å²) in [5.41, 5.74) is 1.32. The van der Waals surface area contributed by atoms with E-state index >= 15 is 0 Å². The number of rotatable bonds is 5. The maximum atomic E-state index is 12.8. The second kappa shape index (κ2) is 9.90. The van der Waals surface area contributed by atoms with E-state index in [4.69, 9.17) is 14.2 Å². The van der Waals surface area contributed by atoms with Crippen molar-refractivity contribution in [2.24, 2.45) is 0 Å². The summed E-state index contributed by atoms with van der Waals surface area (Å²) in [6.07, 6.45) is 2.91. The van der Waals surface area contributed by atoms with Crippen molar-refractivity contribution in [3.05, 3.63) is 36.2 Å². The van der Waals surface area contributed by atoms with Crippen molar-refractivity contribution in [2.45, 2.75) is 45.9 Å². The number of carbonyl (C=O) groups is 2. The maximum Gasteiger partial charge on any atom is 0.412 e. The number of urea groups is 1. The third kappa shape index (κ3) is 6.13. The number of amides is 3. The molecule has 2 heterocycles. The van der Waals surface area contributed by atoms with Crippen LogP contribution in [0.15, 0.2) is 30.6 Å². The third-order valence-electron chi connectivity index (χ3n) is 4.79. The summed E-state index contributed by atoms with van der Waals surface area (Å²) in [6.45, 7) is 9.50. The van der Waals surface area contributed by atoms with Crippen LogP contribution in [0.25, 0.3) is 0 Å². The fourth-order valence-electron chi connectivity index (χ4n) is 3.24. The predicted molar refractivity (Wildman–Crippen MR) is 120 cm³/mol. The first kappa shape index (κ1) is 23.4. The Labute approximate surface area is 187 Å². The van der Waals surface area contributed by atoms with Crippen LogP contribution < -0.4 is 15.4 Å². The van der Waals surface area contributed by atoms with Gasteiger partial charge in [0, 0.05) is 36.6 Å². The topological polar surface area (TPSA) is 107 Å². The molecule has 2 aromatic rings. The molecular weight excluding hydrogens is 414 g/mol. The van der Waals surface area contributed by atoms with E-state index in [0.29, 0.717) is 36.8 Å². The van der Waals surface area contributed by atoms with Crippen molar-refractivity contribution in [3.63, 3.8) is 0 Å². The van der Waals surface area contributed by atoms with Gasteiger partial charge in [0.15, 0.2) is 0 Å². The van der Waals surface area contributed by atoms with Gasteiger partial charge in [0.1, 0.15) is 17.5 Å². The number of hydrogen-bond donors (Lipinski definition) is 2. The maximum absolute atomic E-state index is 12.8. The van der Waals surface area contributed by atoms with Crippen LogP contribution in [0.1, 0.15) is 39.4 Å². The van der Waals surface area contributed by atoms with E-state index in [1.54, 1.807) is 50.1 Å². The van der Waals surface area contributed by atoms with Gasteiger partial charge < -0.3 is 24.4 Å². The molecule has 3 rings (SSSR count). The molecule has 1 aliphatic heterocycles. The van der Waals surface area contributed by atoms with Gasteiger partial charge in [-0.3, -0.25) is 10.00 Å². The molecule has 0 radical (unpaired) electrons. The molecule has 0 saturated carbocycles. The van der Waals surface area contributed by atoms with Gasteiger partial charge in [0.25, 0.3) is 0 Å². The van der Waals surface area contributed by atoms with E-state index in [0.717, 1.165) is 12.1 Å². The Balaban J connectivity index is 1.63. The van der Waals surface area contributed by atoms with Crippen LogP contribution in [-0.2, 0) is 16.0 Å². The summed E-state index contributed by atoms with van der Waals surface area (Å²) in [6, 6.07) is 4.75. The van der Waals surface area contributed by atoms with E-state index in [-0.39, 0.29) is 12.1 Å². The fraction of sp³-hybridized carbons (Fsp3) is 0.500. The SMILES string of the molecule is CCn1cc(C2CN(C(=O)Nc3ccc(NC(=O)OC(C)(C)C)c(OC)c3)CCO2)cn1. The Hall–Kier alpha value is -3.27. The second-order valence-electron chi connectivity index (χ2n) is 8.41. The van der Waals surface area contributed by atoms with Crippen LogP contribution >= 0.6 is 0 Å². The number of anilines is 2. The summed E-state index contributed by atoms with van der Waals surface area (Å²) in [7, 11) is 1.49. The van der Waals surface area contributed by atoms with Crippen molar-refractivity contribution in [2.75, 3.05) is 37.4 Å². The molecule has 1 aliphatic rings. The Morgan fingerprint density at radius 2 is 2.06 bits per heavy atom. The summed E-state index contributed by atoms with van der Waals surface area (Å²) in [4.78, 5) is 26.6. The van der Waals surface area contributed by atoms with Gasteiger partial charge in [-0.15, -0.1) is 0 Å². The lowest BCUT2D eigenvalue weighted by Gasteiger charge is -2.32. The highest BCUT2D eigenvalue weighted by atomic mass is 16.6. The van der Waals surface area contributed by atoms with Crippen molar-refractivity contribution in [1.82, 2.24) is 14.7 Å². The van der Waals surface area contributed by atoms with E-state index in [9.17, 15) is 9.59 Å². The predicted octanol–water partition coefficient (Wildman–Crippen LogP) is 3.86. The molecular formula is C22H31N5O5. The molecule has 3 amide bonds. The normalized spacial score (nSPS) is 16.4. The second-order valence-corrected chi connectivity index (χ2v) is 8.41. The zero-order valence-electron chi connectivity index (χ0n) is 19.2.